The highest BCUT2D eigenvalue weighted by molar-refractivity contribution is 6.00. The zero-order valence-corrected chi connectivity index (χ0v) is 18.5. The molecule has 0 aliphatic carbocycles. The second-order valence-corrected chi connectivity index (χ2v) is 8.63. The molecule has 4 heteroatoms. The van der Waals surface area contributed by atoms with Crippen LogP contribution in [0.2, 0.25) is 0 Å². The van der Waals surface area contributed by atoms with Gasteiger partial charge in [0.05, 0.1) is 12.1 Å². The summed E-state index contributed by atoms with van der Waals surface area (Å²) in [6.07, 6.45) is 1.95. The van der Waals surface area contributed by atoms with Crippen LogP contribution >= 0.6 is 0 Å². The van der Waals surface area contributed by atoms with Crippen molar-refractivity contribution in [2.24, 2.45) is 9.98 Å². The maximum atomic E-state index is 6.15. The molecule has 4 atom stereocenters. The van der Waals surface area contributed by atoms with Gasteiger partial charge in [-0.1, -0.05) is 66.7 Å². The van der Waals surface area contributed by atoms with Gasteiger partial charge in [0.15, 0.2) is 0 Å². The molecule has 162 valence electrons. The van der Waals surface area contributed by atoms with Crippen LogP contribution in [0.15, 0.2) is 94.9 Å². The molecule has 5 rings (SSSR count). The van der Waals surface area contributed by atoms with Crippen LogP contribution < -0.4 is 0 Å². The summed E-state index contributed by atoms with van der Waals surface area (Å²) in [6.45, 7) is 4.21. The molecule has 4 nitrogen and oxygen atoms in total. The Labute approximate surface area is 189 Å². The quantitative estimate of drug-likeness (QED) is 0.495. The van der Waals surface area contributed by atoms with Crippen LogP contribution in [-0.2, 0) is 9.47 Å². The van der Waals surface area contributed by atoms with Crippen molar-refractivity contribution in [3.05, 3.63) is 107 Å². The molecule has 3 aromatic rings. The topological polar surface area (TPSA) is 43.2 Å². The van der Waals surface area contributed by atoms with Gasteiger partial charge in [-0.05, 0) is 43.2 Å². The van der Waals surface area contributed by atoms with Crippen molar-refractivity contribution in [1.82, 2.24) is 0 Å². The number of benzene rings is 3. The highest BCUT2D eigenvalue weighted by Crippen LogP contribution is 2.31. The minimum Gasteiger partial charge on any atom is -0.474 e. The molecular weight excluding hydrogens is 396 g/mol. The zero-order valence-electron chi connectivity index (χ0n) is 18.5. The second-order valence-electron chi connectivity index (χ2n) is 8.63. The molecule has 0 saturated carbocycles. The maximum absolute atomic E-state index is 6.15. The molecule has 0 amide bonds. The highest BCUT2D eigenvalue weighted by Gasteiger charge is 2.26. The Morgan fingerprint density at radius 3 is 1.47 bits per heavy atom. The average Bonchev–Trinajstić information content (AvgIpc) is 2.84. The first-order chi connectivity index (χ1) is 15.7. The summed E-state index contributed by atoms with van der Waals surface area (Å²) >= 11 is 0. The number of ether oxygens (including phenoxy) is 2. The Bertz CT molecular complexity index is 1040. The number of hydrogen-bond donors (Lipinski definition) is 0. The fraction of sp³-hybridized carbons (Fsp3) is 0.286. The van der Waals surface area contributed by atoms with E-state index >= 15 is 0 Å². The minimum absolute atomic E-state index is 0.0992. The largest absolute Gasteiger partial charge is 0.474 e. The summed E-state index contributed by atoms with van der Waals surface area (Å²) in [4.78, 5) is 9.90. The minimum atomic E-state index is 0.0992. The van der Waals surface area contributed by atoms with Crippen molar-refractivity contribution in [2.75, 3.05) is 0 Å². The van der Waals surface area contributed by atoms with Gasteiger partial charge in [-0.2, -0.15) is 0 Å². The molecule has 0 fully saturated rings. The molecule has 0 radical (unpaired) electrons. The van der Waals surface area contributed by atoms with Gasteiger partial charge in [0.2, 0.25) is 11.8 Å². The molecule has 2 aliphatic heterocycles. The lowest BCUT2D eigenvalue weighted by Gasteiger charge is -2.28. The van der Waals surface area contributed by atoms with E-state index in [2.05, 4.69) is 68.4 Å². The van der Waals surface area contributed by atoms with Crippen LogP contribution in [0.3, 0.4) is 0 Å². The van der Waals surface area contributed by atoms with Crippen LogP contribution in [-0.4, -0.2) is 24.0 Å². The van der Waals surface area contributed by atoms with Gasteiger partial charge < -0.3 is 9.47 Å². The van der Waals surface area contributed by atoms with E-state index in [0.29, 0.717) is 11.8 Å². The van der Waals surface area contributed by atoms with E-state index in [1.807, 2.05) is 30.3 Å². The van der Waals surface area contributed by atoms with Gasteiger partial charge in [0.25, 0.3) is 0 Å². The maximum Gasteiger partial charge on any atom is 0.216 e. The molecule has 0 bridgehead atoms. The number of nitrogens with zero attached hydrogens (tertiary/aromatic N) is 2. The fourth-order valence-electron chi connectivity index (χ4n) is 4.40. The molecule has 0 saturated heterocycles. The Kier molecular flexibility index (Phi) is 5.76. The first kappa shape index (κ1) is 20.5. The summed E-state index contributed by atoms with van der Waals surface area (Å²) in [5, 5.41) is 0. The third-order valence-corrected chi connectivity index (χ3v) is 6.01. The van der Waals surface area contributed by atoms with E-state index in [1.54, 1.807) is 0 Å². The third kappa shape index (κ3) is 4.45. The molecule has 0 spiro atoms. The number of hydrogen-bond acceptors (Lipinski definition) is 4. The van der Waals surface area contributed by atoms with E-state index in [4.69, 9.17) is 19.5 Å². The van der Waals surface area contributed by atoms with Gasteiger partial charge in [0.1, 0.15) is 12.2 Å². The standard InChI is InChI=1S/C28H28N2O2/c1-19-16-25(21-10-5-3-6-11-21)29-27(31-19)23-14-9-15-24(18-23)28-30-26(17-20(2)32-28)22-12-7-4-8-13-22/h3-15,18-20,25-26H,16-17H2,1-2H3/t19-,20-,25+,26+/m1/s1. The smallest absolute Gasteiger partial charge is 0.216 e. The van der Waals surface area contributed by atoms with Crippen LogP contribution in [0.1, 0.15) is 61.0 Å². The third-order valence-electron chi connectivity index (χ3n) is 6.01. The summed E-state index contributed by atoms with van der Waals surface area (Å²) in [5.41, 5.74) is 4.35. The Morgan fingerprint density at radius 1 is 0.594 bits per heavy atom. The highest BCUT2D eigenvalue weighted by atomic mass is 16.5. The fourth-order valence-corrected chi connectivity index (χ4v) is 4.40. The summed E-state index contributed by atoms with van der Waals surface area (Å²) in [6, 6.07) is 29.3. The predicted octanol–water partition coefficient (Wildman–Crippen LogP) is 6.28. The van der Waals surface area contributed by atoms with E-state index in [0.717, 1.165) is 24.0 Å². The normalized spacial score (nSPS) is 25.2. The Morgan fingerprint density at radius 2 is 1.03 bits per heavy atom. The van der Waals surface area contributed by atoms with Crippen molar-refractivity contribution in [3.63, 3.8) is 0 Å². The molecule has 0 aromatic heterocycles. The average molecular weight is 425 g/mol. The Hall–Kier alpha value is -3.40. The van der Waals surface area contributed by atoms with Gasteiger partial charge in [0, 0.05) is 24.0 Å². The molecule has 2 aliphatic rings. The second kappa shape index (κ2) is 8.99. The summed E-state index contributed by atoms with van der Waals surface area (Å²) < 4.78 is 12.3. The molecule has 0 unspecified atom stereocenters. The van der Waals surface area contributed by atoms with Crippen LogP contribution in [0.25, 0.3) is 0 Å². The van der Waals surface area contributed by atoms with E-state index in [1.165, 1.54) is 11.1 Å². The van der Waals surface area contributed by atoms with E-state index in [9.17, 15) is 0 Å². The van der Waals surface area contributed by atoms with Gasteiger partial charge >= 0.3 is 0 Å². The van der Waals surface area contributed by atoms with Crippen LogP contribution in [0.4, 0.5) is 0 Å². The number of aliphatic imine (C=N–C) groups is 2. The van der Waals surface area contributed by atoms with Gasteiger partial charge in [-0.3, -0.25) is 0 Å². The molecule has 3 aromatic carbocycles. The molecule has 0 N–H and O–H groups in total. The van der Waals surface area contributed by atoms with Crippen molar-refractivity contribution in [3.8, 4) is 0 Å². The van der Waals surface area contributed by atoms with Gasteiger partial charge in [-0.25, -0.2) is 9.98 Å². The van der Waals surface area contributed by atoms with E-state index < -0.39 is 0 Å². The Balaban J connectivity index is 1.46. The lowest BCUT2D eigenvalue weighted by Crippen LogP contribution is -2.26. The van der Waals surface area contributed by atoms with Crippen LogP contribution in [0, 0.1) is 0 Å². The van der Waals surface area contributed by atoms with Crippen molar-refractivity contribution in [1.29, 1.82) is 0 Å². The predicted molar refractivity (Wildman–Crippen MR) is 128 cm³/mol. The lowest BCUT2D eigenvalue weighted by atomic mass is 9.99. The van der Waals surface area contributed by atoms with Crippen molar-refractivity contribution in [2.45, 2.75) is 51.0 Å². The van der Waals surface area contributed by atoms with Gasteiger partial charge in [-0.15, -0.1) is 0 Å². The molecule has 2 heterocycles. The first-order valence-electron chi connectivity index (χ1n) is 11.4. The van der Waals surface area contributed by atoms with Crippen molar-refractivity contribution >= 4 is 11.8 Å². The monoisotopic (exact) mass is 424 g/mol. The lowest BCUT2D eigenvalue weighted by molar-refractivity contribution is 0.168. The summed E-state index contributed by atoms with van der Waals surface area (Å²) in [5.74, 6) is 1.37. The van der Waals surface area contributed by atoms with E-state index in [-0.39, 0.29) is 24.3 Å². The summed E-state index contributed by atoms with van der Waals surface area (Å²) in [7, 11) is 0. The first-order valence-corrected chi connectivity index (χ1v) is 11.4. The molecule has 32 heavy (non-hydrogen) atoms. The zero-order chi connectivity index (χ0) is 21.9. The SMILES string of the molecule is C[C@@H]1C[C@@H](c2ccccc2)N=C(c2cccc(C3=N[C@H](c4ccccc4)C[C@@H](C)O3)c2)O1. The molecular formula is C28H28N2O2. The number of rotatable bonds is 4. The van der Waals surface area contributed by atoms with Crippen molar-refractivity contribution < 1.29 is 9.47 Å². The van der Waals surface area contributed by atoms with Crippen LogP contribution in [0.5, 0.6) is 0 Å².